The van der Waals surface area contributed by atoms with Gasteiger partial charge in [-0.1, -0.05) is 30.3 Å². The zero-order chi connectivity index (χ0) is 17.5. The van der Waals surface area contributed by atoms with Gasteiger partial charge in [-0.25, -0.2) is 0 Å². The molecule has 1 N–H and O–H groups in total. The van der Waals surface area contributed by atoms with Gasteiger partial charge in [0.25, 0.3) is 0 Å². The van der Waals surface area contributed by atoms with Crippen molar-refractivity contribution in [2.75, 3.05) is 33.1 Å². The minimum Gasteiger partial charge on any atom is -0.493 e. The summed E-state index contributed by atoms with van der Waals surface area (Å²) >= 11 is 0. The van der Waals surface area contributed by atoms with Crippen LogP contribution in [0, 0.1) is 6.92 Å². The summed E-state index contributed by atoms with van der Waals surface area (Å²) in [5.74, 6) is 1.34. The van der Waals surface area contributed by atoms with E-state index in [9.17, 15) is 4.79 Å². The van der Waals surface area contributed by atoms with E-state index < -0.39 is 0 Å². The Balaban J connectivity index is 1.99. The lowest BCUT2D eigenvalue weighted by Gasteiger charge is -2.19. The molecule has 24 heavy (non-hydrogen) atoms. The molecule has 0 atom stereocenters. The highest BCUT2D eigenvalue weighted by atomic mass is 16.5. The maximum Gasteiger partial charge on any atom is 0.238 e. The Hall–Kier alpha value is -2.53. The van der Waals surface area contributed by atoms with Crippen LogP contribution in [-0.2, 0) is 11.3 Å². The number of benzene rings is 2. The van der Waals surface area contributed by atoms with E-state index in [0.717, 1.165) is 16.8 Å². The number of carbonyl (C=O) groups is 1. The number of aryl methyl sites for hydroxylation is 1. The quantitative estimate of drug-likeness (QED) is 0.848. The predicted octanol–water partition coefficient (Wildman–Crippen LogP) is 3.08. The fourth-order valence-electron chi connectivity index (χ4n) is 2.57. The van der Waals surface area contributed by atoms with Crippen LogP contribution in [0.5, 0.6) is 11.5 Å². The van der Waals surface area contributed by atoms with Gasteiger partial charge in [0.2, 0.25) is 5.91 Å². The summed E-state index contributed by atoms with van der Waals surface area (Å²) in [7, 11) is 5.13. The van der Waals surface area contributed by atoms with E-state index in [1.54, 1.807) is 14.2 Å². The molecule has 2 aromatic rings. The monoisotopic (exact) mass is 328 g/mol. The van der Waals surface area contributed by atoms with E-state index in [4.69, 9.17) is 9.47 Å². The standard InChI is InChI=1S/C19H24N2O3/c1-14-8-5-6-10-16(14)20-18(22)13-21(2)12-15-9-7-11-17(23-3)19(15)24-4/h5-11H,12-13H2,1-4H3,(H,20,22). The third kappa shape index (κ3) is 4.49. The summed E-state index contributed by atoms with van der Waals surface area (Å²) in [6, 6.07) is 13.5. The van der Waals surface area contributed by atoms with Gasteiger partial charge < -0.3 is 14.8 Å². The number of methoxy groups -OCH3 is 2. The molecule has 5 heteroatoms. The maximum atomic E-state index is 12.2. The van der Waals surface area contributed by atoms with Crippen LogP contribution in [-0.4, -0.2) is 38.6 Å². The third-order valence-corrected chi connectivity index (χ3v) is 3.76. The molecule has 0 aliphatic rings. The molecule has 0 aromatic heterocycles. The molecular weight excluding hydrogens is 304 g/mol. The van der Waals surface area contributed by atoms with E-state index in [2.05, 4.69) is 5.32 Å². The van der Waals surface area contributed by atoms with Crippen LogP contribution in [0.25, 0.3) is 0 Å². The maximum absolute atomic E-state index is 12.2. The average molecular weight is 328 g/mol. The van der Waals surface area contributed by atoms with Gasteiger partial charge in [0.15, 0.2) is 11.5 Å². The van der Waals surface area contributed by atoms with E-state index in [-0.39, 0.29) is 12.5 Å². The van der Waals surface area contributed by atoms with E-state index in [1.807, 2.05) is 61.3 Å². The lowest BCUT2D eigenvalue weighted by molar-refractivity contribution is -0.117. The number of rotatable bonds is 7. The molecule has 1 amide bonds. The highest BCUT2D eigenvalue weighted by Gasteiger charge is 2.13. The number of amides is 1. The largest absolute Gasteiger partial charge is 0.493 e. The van der Waals surface area contributed by atoms with Crippen LogP contribution in [0.15, 0.2) is 42.5 Å². The number of carbonyl (C=O) groups excluding carboxylic acids is 1. The molecule has 0 aliphatic heterocycles. The Morgan fingerprint density at radius 2 is 1.83 bits per heavy atom. The highest BCUT2D eigenvalue weighted by molar-refractivity contribution is 5.92. The van der Waals surface area contributed by atoms with Crippen molar-refractivity contribution in [2.45, 2.75) is 13.5 Å². The van der Waals surface area contributed by atoms with Crippen molar-refractivity contribution in [3.63, 3.8) is 0 Å². The molecule has 128 valence electrons. The summed E-state index contributed by atoms with van der Waals surface area (Å²) < 4.78 is 10.7. The number of anilines is 1. The van der Waals surface area contributed by atoms with Gasteiger partial charge in [0, 0.05) is 17.8 Å². The second kappa shape index (κ2) is 8.36. The van der Waals surface area contributed by atoms with Crippen LogP contribution >= 0.6 is 0 Å². The second-order valence-electron chi connectivity index (χ2n) is 5.69. The summed E-state index contributed by atoms with van der Waals surface area (Å²) in [6.45, 7) is 2.84. The molecule has 5 nitrogen and oxygen atoms in total. The molecule has 0 aliphatic carbocycles. The minimum absolute atomic E-state index is 0.0475. The number of para-hydroxylation sites is 2. The summed E-state index contributed by atoms with van der Waals surface area (Å²) in [5, 5.41) is 2.94. The van der Waals surface area contributed by atoms with Crippen molar-refractivity contribution < 1.29 is 14.3 Å². The molecule has 0 saturated carbocycles. The van der Waals surface area contributed by atoms with E-state index >= 15 is 0 Å². The van der Waals surface area contributed by atoms with E-state index in [1.165, 1.54) is 0 Å². The van der Waals surface area contributed by atoms with Crippen molar-refractivity contribution in [3.05, 3.63) is 53.6 Å². The lowest BCUT2D eigenvalue weighted by Crippen LogP contribution is -2.30. The first-order valence-corrected chi connectivity index (χ1v) is 7.79. The first-order valence-electron chi connectivity index (χ1n) is 7.79. The molecule has 0 bridgehead atoms. The summed E-state index contributed by atoms with van der Waals surface area (Å²) in [6.07, 6.45) is 0. The second-order valence-corrected chi connectivity index (χ2v) is 5.69. The molecule has 0 unspecified atom stereocenters. The molecule has 0 heterocycles. The van der Waals surface area contributed by atoms with Gasteiger partial charge >= 0.3 is 0 Å². The summed E-state index contributed by atoms with van der Waals surface area (Å²) in [5.41, 5.74) is 2.86. The number of hydrogen-bond acceptors (Lipinski definition) is 4. The SMILES string of the molecule is COc1cccc(CN(C)CC(=O)Nc2ccccc2C)c1OC. The number of hydrogen-bond donors (Lipinski definition) is 1. The highest BCUT2D eigenvalue weighted by Crippen LogP contribution is 2.31. The smallest absolute Gasteiger partial charge is 0.238 e. The molecule has 0 saturated heterocycles. The Morgan fingerprint density at radius 1 is 1.08 bits per heavy atom. The summed E-state index contributed by atoms with van der Waals surface area (Å²) in [4.78, 5) is 14.2. The van der Waals surface area contributed by atoms with Crippen molar-refractivity contribution in [3.8, 4) is 11.5 Å². The zero-order valence-electron chi connectivity index (χ0n) is 14.6. The third-order valence-electron chi connectivity index (χ3n) is 3.76. The molecule has 2 aromatic carbocycles. The Morgan fingerprint density at radius 3 is 2.50 bits per heavy atom. The van der Waals surface area contributed by atoms with Gasteiger partial charge in [-0.05, 0) is 31.7 Å². The normalized spacial score (nSPS) is 10.5. The fourth-order valence-corrected chi connectivity index (χ4v) is 2.57. The predicted molar refractivity (Wildman–Crippen MR) is 95.7 cm³/mol. The Kier molecular flexibility index (Phi) is 6.21. The Bertz CT molecular complexity index is 701. The zero-order valence-corrected chi connectivity index (χ0v) is 14.6. The number of nitrogens with one attached hydrogen (secondary N) is 1. The molecule has 0 fully saturated rings. The molecular formula is C19H24N2O3. The first-order chi connectivity index (χ1) is 11.5. The minimum atomic E-state index is -0.0475. The molecule has 0 spiro atoms. The topological polar surface area (TPSA) is 50.8 Å². The van der Waals surface area contributed by atoms with E-state index in [0.29, 0.717) is 18.0 Å². The van der Waals surface area contributed by atoms with Crippen LogP contribution in [0.1, 0.15) is 11.1 Å². The van der Waals surface area contributed by atoms with Crippen molar-refractivity contribution in [1.82, 2.24) is 4.90 Å². The van der Waals surface area contributed by atoms with Crippen LogP contribution < -0.4 is 14.8 Å². The van der Waals surface area contributed by atoms with Crippen molar-refractivity contribution >= 4 is 11.6 Å². The first kappa shape index (κ1) is 17.8. The van der Waals surface area contributed by atoms with Gasteiger partial charge in [0.1, 0.15) is 0 Å². The van der Waals surface area contributed by atoms with Crippen molar-refractivity contribution in [1.29, 1.82) is 0 Å². The van der Waals surface area contributed by atoms with Gasteiger partial charge in [-0.15, -0.1) is 0 Å². The van der Waals surface area contributed by atoms with Gasteiger partial charge in [0.05, 0.1) is 20.8 Å². The average Bonchev–Trinajstić information content (AvgIpc) is 2.56. The van der Waals surface area contributed by atoms with Crippen LogP contribution in [0.4, 0.5) is 5.69 Å². The lowest BCUT2D eigenvalue weighted by atomic mass is 10.1. The van der Waals surface area contributed by atoms with Crippen LogP contribution in [0.2, 0.25) is 0 Å². The number of nitrogens with zero attached hydrogens (tertiary/aromatic N) is 1. The molecule has 2 rings (SSSR count). The number of ether oxygens (including phenoxy) is 2. The van der Waals surface area contributed by atoms with Gasteiger partial charge in [-0.3, -0.25) is 9.69 Å². The number of likely N-dealkylation sites (N-methyl/N-ethyl adjacent to an activating group) is 1. The van der Waals surface area contributed by atoms with Crippen LogP contribution in [0.3, 0.4) is 0 Å². The Labute approximate surface area is 143 Å². The van der Waals surface area contributed by atoms with Crippen molar-refractivity contribution in [2.24, 2.45) is 0 Å². The van der Waals surface area contributed by atoms with Gasteiger partial charge in [-0.2, -0.15) is 0 Å². The fraction of sp³-hybridized carbons (Fsp3) is 0.316. The molecule has 0 radical (unpaired) electrons.